The standard InChI is InChI=1S/C20H26N4O/c1-3-23(4-2)13-14-24-18-11-6-5-9-16(18)20(22-15-19(24)25)17-10-7-8-12-21-17/h5-12,20,22H,3-4,13-15H2,1-2H3. The van der Waals surface area contributed by atoms with Crippen LogP contribution in [0.5, 0.6) is 0 Å². The molecule has 0 spiro atoms. The summed E-state index contributed by atoms with van der Waals surface area (Å²) < 4.78 is 0. The third-order valence-corrected chi connectivity index (χ3v) is 4.81. The highest BCUT2D eigenvalue weighted by molar-refractivity contribution is 5.96. The molecule has 1 aromatic carbocycles. The van der Waals surface area contributed by atoms with Gasteiger partial charge in [0.1, 0.15) is 0 Å². The molecule has 1 unspecified atom stereocenters. The molecule has 0 radical (unpaired) electrons. The molecule has 2 heterocycles. The smallest absolute Gasteiger partial charge is 0.241 e. The molecule has 1 amide bonds. The molecule has 1 aliphatic heterocycles. The lowest BCUT2D eigenvalue weighted by Gasteiger charge is -2.27. The summed E-state index contributed by atoms with van der Waals surface area (Å²) in [5.41, 5.74) is 3.03. The first-order valence-corrected chi connectivity index (χ1v) is 9.00. The van der Waals surface area contributed by atoms with Crippen molar-refractivity contribution < 1.29 is 4.79 Å². The largest absolute Gasteiger partial charge is 0.310 e. The van der Waals surface area contributed by atoms with Gasteiger partial charge < -0.3 is 9.80 Å². The summed E-state index contributed by atoms with van der Waals surface area (Å²) in [5, 5.41) is 3.38. The van der Waals surface area contributed by atoms with Gasteiger partial charge in [-0.3, -0.25) is 15.1 Å². The van der Waals surface area contributed by atoms with Crippen molar-refractivity contribution in [3.63, 3.8) is 0 Å². The molecule has 1 aliphatic rings. The van der Waals surface area contributed by atoms with Gasteiger partial charge in [0.2, 0.25) is 5.91 Å². The summed E-state index contributed by atoms with van der Waals surface area (Å²) in [5.74, 6) is 0.109. The second-order valence-corrected chi connectivity index (χ2v) is 6.20. The molecule has 25 heavy (non-hydrogen) atoms. The minimum absolute atomic E-state index is 0.0696. The van der Waals surface area contributed by atoms with Crippen LogP contribution in [-0.2, 0) is 4.79 Å². The Morgan fingerprint density at radius 1 is 1.16 bits per heavy atom. The van der Waals surface area contributed by atoms with Gasteiger partial charge in [-0.2, -0.15) is 0 Å². The number of fused-ring (bicyclic) bond motifs is 1. The minimum Gasteiger partial charge on any atom is -0.310 e. The number of carbonyl (C=O) groups is 1. The first-order valence-electron chi connectivity index (χ1n) is 9.00. The van der Waals surface area contributed by atoms with Crippen LogP contribution >= 0.6 is 0 Å². The summed E-state index contributed by atoms with van der Waals surface area (Å²) >= 11 is 0. The van der Waals surface area contributed by atoms with Crippen molar-refractivity contribution in [1.29, 1.82) is 0 Å². The average molecular weight is 338 g/mol. The first kappa shape index (κ1) is 17.6. The molecule has 0 aliphatic carbocycles. The van der Waals surface area contributed by atoms with E-state index in [2.05, 4.69) is 35.1 Å². The number of hydrogen-bond donors (Lipinski definition) is 1. The average Bonchev–Trinajstić information content (AvgIpc) is 2.80. The van der Waals surface area contributed by atoms with Gasteiger partial charge in [0.05, 0.1) is 18.3 Å². The second kappa shape index (κ2) is 8.23. The Hall–Kier alpha value is -2.24. The molecule has 0 saturated heterocycles. The lowest BCUT2D eigenvalue weighted by Crippen LogP contribution is -2.41. The Balaban J connectivity index is 1.92. The number of hydrogen-bond acceptors (Lipinski definition) is 4. The summed E-state index contributed by atoms with van der Waals surface area (Å²) in [6.45, 7) is 8.19. The van der Waals surface area contributed by atoms with E-state index in [1.165, 1.54) is 0 Å². The second-order valence-electron chi connectivity index (χ2n) is 6.20. The number of nitrogens with zero attached hydrogens (tertiary/aromatic N) is 3. The van der Waals surface area contributed by atoms with Crippen molar-refractivity contribution in [3.8, 4) is 0 Å². The number of amides is 1. The van der Waals surface area contributed by atoms with E-state index in [1.807, 2.05) is 41.3 Å². The monoisotopic (exact) mass is 338 g/mol. The van der Waals surface area contributed by atoms with E-state index in [0.29, 0.717) is 13.1 Å². The molecule has 1 N–H and O–H groups in total. The molecule has 0 fully saturated rings. The Kier molecular flexibility index (Phi) is 5.79. The number of pyridine rings is 1. The highest BCUT2D eigenvalue weighted by atomic mass is 16.2. The maximum absolute atomic E-state index is 12.8. The number of carbonyl (C=O) groups excluding carboxylic acids is 1. The Bertz CT molecular complexity index is 700. The van der Waals surface area contributed by atoms with Crippen molar-refractivity contribution >= 4 is 11.6 Å². The number of likely N-dealkylation sites (N-methyl/N-ethyl adjacent to an activating group) is 1. The van der Waals surface area contributed by atoms with E-state index in [0.717, 1.165) is 36.6 Å². The molecule has 0 bridgehead atoms. The quantitative estimate of drug-likeness (QED) is 0.879. The van der Waals surface area contributed by atoms with Gasteiger partial charge in [-0.25, -0.2) is 0 Å². The van der Waals surface area contributed by atoms with E-state index in [4.69, 9.17) is 0 Å². The minimum atomic E-state index is -0.0696. The third-order valence-electron chi connectivity index (χ3n) is 4.81. The summed E-state index contributed by atoms with van der Waals surface area (Å²) in [6.07, 6.45) is 1.80. The molecule has 3 rings (SSSR count). The van der Waals surface area contributed by atoms with Crippen molar-refractivity contribution in [2.45, 2.75) is 19.9 Å². The number of anilines is 1. The number of benzene rings is 1. The molecule has 5 nitrogen and oxygen atoms in total. The van der Waals surface area contributed by atoms with Gasteiger partial charge >= 0.3 is 0 Å². The highest BCUT2D eigenvalue weighted by Gasteiger charge is 2.28. The summed E-state index contributed by atoms with van der Waals surface area (Å²) in [6, 6.07) is 14.0. The van der Waals surface area contributed by atoms with Gasteiger partial charge in [0, 0.05) is 25.0 Å². The molecular formula is C20H26N4O. The molecule has 1 aromatic heterocycles. The maximum Gasteiger partial charge on any atom is 0.241 e. The van der Waals surface area contributed by atoms with Crippen LogP contribution in [0.4, 0.5) is 5.69 Å². The van der Waals surface area contributed by atoms with Crippen LogP contribution in [0.3, 0.4) is 0 Å². The highest BCUT2D eigenvalue weighted by Crippen LogP contribution is 2.32. The van der Waals surface area contributed by atoms with Crippen molar-refractivity contribution in [3.05, 3.63) is 59.9 Å². The van der Waals surface area contributed by atoms with Crippen LogP contribution in [0.15, 0.2) is 48.7 Å². The number of nitrogens with one attached hydrogen (secondary N) is 1. The van der Waals surface area contributed by atoms with E-state index < -0.39 is 0 Å². The van der Waals surface area contributed by atoms with E-state index >= 15 is 0 Å². The Morgan fingerprint density at radius 3 is 2.64 bits per heavy atom. The molecule has 0 saturated carbocycles. The van der Waals surface area contributed by atoms with Gasteiger partial charge in [-0.05, 0) is 36.9 Å². The van der Waals surface area contributed by atoms with Crippen LogP contribution < -0.4 is 10.2 Å². The summed E-state index contributed by atoms with van der Waals surface area (Å²) in [7, 11) is 0. The fourth-order valence-electron chi connectivity index (χ4n) is 3.34. The zero-order valence-corrected chi connectivity index (χ0v) is 15.0. The normalized spacial score (nSPS) is 17.5. The van der Waals surface area contributed by atoms with Crippen LogP contribution in [0.25, 0.3) is 0 Å². The van der Waals surface area contributed by atoms with Gasteiger partial charge in [0.15, 0.2) is 0 Å². The van der Waals surface area contributed by atoms with Crippen molar-refractivity contribution in [2.75, 3.05) is 37.6 Å². The van der Waals surface area contributed by atoms with Crippen LogP contribution in [0.1, 0.15) is 31.1 Å². The van der Waals surface area contributed by atoms with Gasteiger partial charge in [-0.1, -0.05) is 38.1 Å². The van der Waals surface area contributed by atoms with E-state index in [1.54, 1.807) is 6.20 Å². The van der Waals surface area contributed by atoms with Gasteiger partial charge in [0.25, 0.3) is 0 Å². The van der Waals surface area contributed by atoms with Gasteiger partial charge in [-0.15, -0.1) is 0 Å². The fraction of sp³-hybridized carbons (Fsp3) is 0.400. The zero-order chi connectivity index (χ0) is 17.6. The predicted octanol–water partition coefficient (Wildman–Crippen LogP) is 2.45. The molecule has 1 atom stereocenters. The van der Waals surface area contributed by atoms with Crippen molar-refractivity contribution in [1.82, 2.24) is 15.2 Å². The third kappa shape index (κ3) is 3.89. The Labute approximate surface area is 149 Å². The number of aromatic nitrogens is 1. The molecule has 5 heteroatoms. The maximum atomic E-state index is 12.8. The van der Waals surface area contributed by atoms with Crippen LogP contribution in [0, 0.1) is 0 Å². The summed E-state index contributed by atoms with van der Waals surface area (Å²) in [4.78, 5) is 21.5. The Morgan fingerprint density at radius 2 is 1.92 bits per heavy atom. The van der Waals surface area contributed by atoms with Crippen LogP contribution in [-0.4, -0.2) is 48.5 Å². The molecule has 2 aromatic rings. The predicted molar refractivity (Wildman–Crippen MR) is 101 cm³/mol. The molecular weight excluding hydrogens is 312 g/mol. The lowest BCUT2D eigenvalue weighted by molar-refractivity contribution is -0.117. The first-order chi connectivity index (χ1) is 12.2. The topological polar surface area (TPSA) is 48.5 Å². The lowest BCUT2D eigenvalue weighted by atomic mass is 10.0. The van der Waals surface area contributed by atoms with E-state index in [9.17, 15) is 4.79 Å². The number of para-hydroxylation sites is 1. The van der Waals surface area contributed by atoms with Crippen LogP contribution in [0.2, 0.25) is 0 Å². The van der Waals surface area contributed by atoms with Crippen molar-refractivity contribution in [2.24, 2.45) is 0 Å². The molecule has 132 valence electrons. The van der Waals surface area contributed by atoms with E-state index in [-0.39, 0.29) is 11.9 Å². The fourth-order valence-corrected chi connectivity index (χ4v) is 3.34. The SMILES string of the molecule is CCN(CC)CCN1C(=O)CNC(c2ccccn2)c2ccccc21. The number of rotatable bonds is 6. The zero-order valence-electron chi connectivity index (χ0n) is 15.0.